The minimum Gasteiger partial charge on any atom is -0.356 e. The first kappa shape index (κ1) is 12.5. The standard InChI is InChI=1S/C11H23N3O/c1-2-5-13-11(15)6-10(7-12)14-8-9-3-4-9/h9-10,14H,2-8,12H2,1H3,(H,13,15). The lowest BCUT2D eigenvalue weighted by Gasteiger charge is -2.16. The fourth-order valence-corrected chi connectivity index (χ4v) is 1.45. The number of amides is 1. The van der Waals surface area contributed by atoms with Crippen LogP contribution in [0.3, 0.4) is 0 Å². The van der Waals surface area contributed by atoms with Crippen LogP contribution in [0.15, 0.2) is 0 Å². The summed E-state index contributed by atoms with van der Waals surface area (Å²) in [6.07, 6.45) is 4.14. The molecule has 0 spiro atoms. The Balaban J connectivity index is 2.10. The predicted molar refractivity (Wildman–Crippen MR) is 61.5 cm³/mol. The van der Waals surface area contributed by atoms with E-state index < -0.39 is 0 Å². The first-order valence-electron chi connectivity index (χ1n) is 5.96. The van der Waals surface area contributed by atoms with Crippen molar-refractivity contribution in [3.8, 4) is 0 Å². The molecule has 0 aromatic carbocycles. The Kier molecular flexibility index (Phi) is 5.65. The Bertz CT molecular complexity index is 192. The average Bonchev–Trinajstić information content (AvgIpc) is 3.05. The number of hydrogen-bond acceptors (Lipinski definition) is 3. The molecule has 1 atom stereocenters. The van der Waals surface area contributed by atoms with Crippen LogP contribution in [0, 0.1) is 5.92 Å². The molecule has 0 saturated heterocycles. The first-order chi connectivity index (χ1) is 7.26. The minimum atomic E-state index is 0.107. The van der Waals surface area contributed by atoms with Crippen molar-refractivity contribution in [1.29, 1.82) is 0 Å². The van der Waals surface area contributed by atoms with E-state index in [0.29, 0.717) is 13.0 Å². The SMILES string of the molecule is CCCNC(=O)CC(CN)NCC1CC1. The first-order valence-corrected chi connectivity index (χ1v) is 5.96. The summed E-state index contributed by atoms with van der Waals surface area (Å²) in [5.74, 6) is 0.938. The highest BCUT2D eigenvalue weighted by Gasteiger charge is 2.22. The van der Waals surface area contributed by atoms with E-state index >= 15 is 0 Å². The highest BCUT2D eigenvalue weighted by molar-refractivity contribution is 5.76. The van der Waals surface area contributed by atoms with Gasteiger partial charge in [-0.25, -0.2) is 0 Å². The second kappa shape index (κ2) is 6.80. The summed E-state index contributed by atoms with van der Waals surface area (Å²) in [6, 6.07) is 0.141. The zero-order chi connectivity index (χ0) is 11.1. The van der Waals surface area contributed by atoms with Gasteiger partial charge in [-0.05, 0) is 31.7 Å². The molecule has 0 aliphatic heterocycles. The topological polar surface area (TPSA) is 67.2 Å². The summed E-state index contributed by atoms with van der Waals surface area (Å²) in [6.45, 7) is 4.36. The molecule has 1 fully saturated rings. The fraction of sp³-hybridized carbons (Fsp3) is 0.909. The van der Waals surface area contributed by atoms with Gasteiger partial charge in [-0.15, -0.1) is 0 Å². The minimum absolute atomic E-state index is 0.107. The van der Waals surface area contributed by atoms with Crippen LogP contribution in [0.5, 0.6) is 0 Å². The molecule has 4 nitrogen and oxygen atoms in total. The lowest BCUT2D eigenvalue weighted by atomic mass is 10.2. The largest absolute Gasteiger partial charge is 0.356 e. The predicted octanol–water partition coefficient (Wildman–Crippen LogP) is 0.230. The van der Waals surface area contributed by atoms with Gasteiger partial charge in [-0.3, -0.25) is 4.79 Å². The monoisotopic (exact) mass is 213 g/mol. The van der Waals surface area contributed by atoms with Crippen LogP contribution in [0.4, 0.5) is 0 Å². The van der Waals surface area contributed by atoms with Gasteiger partial charge in [0.2, 0.25) is 5.91 Å². The van der Waals surface area contributed by atoms with Crippen molar-refractivity contribution >= 4 is 5.91 Å². The van der Waals surface area contributed by atoms with E-state index in [1.54, 1.807) is 0 Å². The van der Waals surface area contributed by atoms with Gasteiger partial charge < -0.3 is 16.4 Å². The van der Waals surface area contributed by atoms with E-state index in [1.807, 2.05) is 6.92 Å². The quantitative estimate of drug-likeness (QED) is 0.541. The van der Waals surface area contributed by atoms with Gasteiger partial charge in [0.25, 0.3) is 0 Å². The molecular weight excluding hydrogens is 190 g/mol. The number of carbonyl (C=O) groups excluding carboxylic acids is 1. The van der Waals surface area contributed by atoms with Crippen molar-refractivity contribution in [3.05, 3.63) is 0 Å². The van der Waals surface area contributed by atoms with Crippen LogP contribution >= 0.6 is 0 Å². The van der Waals surface area contributed by atoms with Crippen molar-refractivity contribution in [2.24, 2.45) is 11.7 Å². The van der Waals surface area contributed by atoms with E-state index in [-0.39, 0.29) is 11.9 Å². The van der Waals surface area contributed by atoms with Crippen LogP contribution in [0.1, 0.15) is 32.6 Å². The summed E-state index contributed by atoms with van der Waals surface area (Å²) in [4.78, 5) is 11.4. The van der Waals surface area contributed by atoms with Crippen LogP contribution < -0.4 is 16.4 Å². The van der Waals surface area contributed by atoms with Crippen LogP contribution in [0.25, 0.3) is 0 Å². The highest BCUT2D eigenvalue weighted by atomic mass is 16.1. The lowest BCUT2D eigenvalue weighted by Crippen LogP contribution is -2.41. The number of carbonyl (C=O) groups is 1. The molecule has 1 rings (SSSR count). The molecule has 1 aliphatic rings. The fourth-order valence-electron chi connectivity index (χ4n) is 1.45. The molecule has 1 saturated carbocycles. The molecule has 0 aromatic heterocycles. The maximum Gasteiger partial charge on any atom is 0.221 e. The molecule has 4 N–H and O–H groups in total. The van der Waals surface area contributed by atoms with E-state index in [1.165, 1.54) is 12.8 Å². The summed E-state index contributed by atoms with van der Waals surface area (Å²) in [7, 11) is 0. The molecule has 0 radical (unpaired) electrons. The van der Waals surface area contributed by atoms with Crippen molar-refractivity contribution in [2.45, 2.75) is 38.6 Å². The summed E-state index contributed by atoms with van der Waals surface area (Å²) < 4.78 is 0. The maximum atomic E-state index is 11.4. The molecule has 88 valence electrons. The lowest BCUT2D eigenvalue weighted by molar-refractivity contribution is -0.121. The second-order valence-electron chi connectivity index (χ2n) is 4.34. The van der Waals surface area contributed by atoms with E-state index in [9.17, 15) is 4.79 Å². The molecule has 1 unspecified atom stereocenters. The number of hydrogen-bond donors (Lipinski definition) is 3. The van der Waals surface area contributed by atoms with Crippen LogP contribution in [-0.4, -0.2) is 31.6 Å². The average molecular weight is 213 g/mol. The van der Waals surface area contributed by atoms with Crippen molar-refractivity contribution < 1.29 is 4.79 Å². The molecule has 0 heterocycles. The maximum absolute atomic E-state index is 11.4. The Hall–Kier alpha value is -0.610. The van der Waals surface area contributed by atoms with Crippen LogP contribution in [-0.2, 0) is 4.79 Å². The summed E-state index contributed by atoms with van der Waals surface area (Å²) in [5, 5.41) is 6.22. The van der Waals surface area contributed by atoms with Gasteiger partial charge in [-0.2, -0.15) is 0 Å². The van der Waals surface area contributed by atoms with Gasteiger partial charge in [-0.1, -0.05) is 6.92 Å². The van der Waals surface area contributed by atoms with Gasteiger partial charge in [0.05, 0.1) is 0 Å². The molecule has 4 heteroatoms. The van der Waals surface area contributed by atoms with E-state index in [4.69, 9.17) is 5.73 Å². The number of rotatable bonds is 8. The van der Waals surface area contributed by atoms with E-state index in [2.05, 4.69) is 10.6 Å². The van der Waals surface area contributed by atoms with Gasteiger partial charge in [0.1, 0.15) is 0 Å². The molecule has 1 amide bonds. The third kappa shape index (κ3) is 5.74. The Morgan fingerprint density at radius 1 is 1.53 bits per heavy atom. The second-order valence-corrected chi connectivity index (χ2v) is 4.34. The Labute approximate surface area is 92.0 Å². The van der Waals surface area contributed by atoms with Gasteiger partial charge in [0, 0.05) is 25.6 Å². The Morgan fingerprint density at radius 2 is 2.27 bits per heavy atom. The van der Waals surface area contributed by atoms with Crippen molar-refractivity contribution in [1.82, 2.24) is 10.6 Å². The zero-order valence-corrected chi connectivity index (χ0v) is 9.59. The number of nitrogens with two attached hydrogens (primary N) is 1. The third-order valence-corrected chi connectivity index (χ3v) is 2.68. The van der Waals surface area contributed by atoms with Gasteiger partial charge in [0.15, 0.2) is 0 Å². The summed E-state index contributed by atoms with van der Waals surface area (Å²) in [5.41, 5.74) is 5.61. The van der Waals surface area contributed by atoms with Gasteiger partial charge >= 0.3 is 0 Å². The van der Waals surface area contributed by atoms with E-state index in [0.717, 1.165) is 25.4 Å². The number of nitrogens with one attached hydrogen (secondary N) is 2. The zero-order valence-electron chi connectivity index (χ0n) is 9.59. The normalized spacial score (nSPS) is 17.5. The smallest absolute Gasteiger partial charge is 0.221 e. The third-order valence-electron chi connectivity index (χ3n) is 2.68. The molecule has 0 aromatic rings. The highest BCUT2D eigenvalue weighted by Crippen LogP contribution is 2.27. The van der Waals surface area contributed by atoms with Crippen LogP contribution in [0.2, 0.25) is 0 Å². The van der Waals surface area contributed by atoms with Crippen molar-refractivity contribution in [2.75, 3.05) is 19.6 Å². The summed E-state index contributed by atoms with van der Waals surface area (Å²) >= 11 is 0. The molecular formula is C11H23N3O. The molecule has 0 bridgehead atoms. The molecule has 1 aliphatic carbocycles. The molecule has 15 heavy (non-hydrogen) atoms. The Morgan fingerprint density at radius 3 is 2.80 bits per heavy atom. The van der Waals surface area contributed by atoms with Crippen molar-refractivity contribution in [3.63, 3.8) is 0 Å².